The van der Waals surface area contributed by atoms with Crippen molar-refractivity contribution in [1.29, 1.82) is 0 Å². The van der Waals surface area contributed by atoms with E-state index in [0.29, 0.717) is 16.8 Å². The highest BCUT2D eigenvalue weighted by molar-refractivity contribution is 6.02. The van der Waals surface area contributed by atoms with Gasteiger partial charge in [-0.1, -0.05) is 51.1 Å². The summed E-state index contributed by atoms with van der Waals surface area (Å²) in [4.78, 5) is 25.8. The third kappa shape index (κ3) is 4.44. The number of alkyl halides is 1. The van der Waals surface area contributed by atoms with Gasteiger partial charge in [-0.25, -0.2) is 4.39 Å². The number of aryl methyl sites for hydroxylation is 1. The molecule has 0 saturated carbocycles. The number of nitrogens with one attached hydrogen (secondary N) is 3. The zero-order valence-corrected chi connectivity index (χ0v) is 19.1. The molecule has 1 aliphatic rings. The summed E-state index contributed by atoms with van der Waals surface area (Å²) in [5.41, 5.74) is 0.976. The fourth-order valence-electron chi connectivity index (χ4n) is 3.78. The Hall–Kier alpha value is -3.74. The molecule has 1 heterocycles. The minimum absolute atomic E-state index is 0.0459. The number of fused-ring (bicyclic) bond motifs is 1. The number of hydrogen-bond donors (Lipinski definition) is 3. The van der Waals surface area contributed by atoms with Gasteiger partial charge in [0.2, 0.25) is 5.67 Å². The van der Waals surface area contributed by atoms with Crippen LogP contribution in [0.3, 0.4) is 0 Å². The number of halogens is 1. The molecule has 1 aliphatic carbocycles. The van der Waals surface area contributed by atoms with Crippen LogP contribution in [0.25, 0.3) is 10.9 Å². The summed E-state index contributed by atoms with van der Waals surface area (Å²) in [5, 5.41) is 13.2. The molecular weight excluding hydrogens is 419 g/mol. The molecule has 0 radical (unpaired) electrons. The lowest BCUT2D eigenvalue weighted by atomic mass is 9.86. The maximum atomic E-state index is 15.9. The molecule has 2 unspecified atom stereocenters. The van der Waals surface area contributed by atoms with Gasteiger partial charge in [0, 0.05) is 22.3 Å². The first-order chi connectivity index (χ1) is 15.6. The van der Waals surface area contributed by atoms with Crippen molar-refractivity contribution >= 4 is 28.4 Å². The van der Waals surface area contributed by atoms with Gasteiger partial charge in [-0.05, 0) is 54.3 Å². The van der Waals surface area contributed by atoms with E-state index in [1.54, 1.807) is 30.3 Å². The Bertz CT molecular complexity index is 1270. The van der Waals surface area contributed by atoms with Crippen molar-refractivity contribution in [2.75, 3.05) is 5.32 Å². The Morgan fingerprint density at radius 3 is 2.52 bits per heavy atom. The van der Waals surface area contributed by atoms with Crippen molar-refractivity contribution in [3.63, 3.8) is 0 Å². The third-order valence-corrected chi connectivity index (χ3v) is 5.86. The number of aromatic amines is 1. The molecule has 3 aromatic rings. The monoisotopic (exact) mass is 446 g/mol. The normalized spacial score (nSPS) is 20.1. The number of allylic oxidation sites excluding steroid dienone is 2. The average Bonchev–Trinajstić information content (AvgIpc) is 3.15. The van der Waals surface area contributed by atoms with Crippen molar-refractivity contribution in [1.82, 2.24) is 15.5 Å². The number of anilines is 1. The molecule has 7 heteroatoms. The highest BCUT2D eigenvalue weighted by Crippen LogP contribution is 2.28. The molecule has 3 N–H and O–H groups in total. The Labute approximate surface area is 192 Å². The molecule has 0 bridgehead atoms. The molecule has 2 atom stereocenters. The number of nitrogens with zero attached hydrogens (tertiary/aromatic N) is 1. The number of carbonyl (C=O) groups excluding carboxylic acids is 2. The highest BCUT2D eigenvalue weighted by atomic mass is 19.1. The van der Waals surface area contributed by atoms with Gasteiger partial charge >= 0.3 is 0 Å². The van der Waals surface area contributed by atoms with Crippen molar-refractivity contribution < 1.29 is 14.0 Å². The highest BCUT2D eigenvalue weighted by Gasteiger charge is 2.45. The van der Waals surface area contributed by atoms with Crippen molar-refractivity contribution in [3.8, 4) is 0 Å². The fourth-order valence-corrected chi connectivity index (χ4v) is 3.78. The van der Waals surface area contributed by atoms with Crippen LogP contribution in [0.2, 0.25) is 0 Å². The van der Waals surface area contributed by atoms with E-state index in [-0.39, 0.29) is 5.41 Å². The predicted octanol–water partition coefficient (Wildman–Crippen LogP) is 4.74. The minimum Gasteiger partial charge on any atom is -0.342 e. The zero-order chi connectivity index (χ0) is 23.8. The molecule has 0 aliphatic heterocycles. The number of benzene rings is 2. The molecule has 33 heavy (non-hydrogen) atoms. The molecule has 2 aromatic carbocycles. The van der Waals surface area contributed by atoms with Crippen LogP contribution in [0.1, 0.15) is 42.4 Å². The van der Waals surface area contributed by atoms with Gasteiger partial charge < -0.3 is 10.6 Å². The second kappa shape index (κ2) is 8.31. The van der Waals surface area contributed by atoms with E-state index >= 15 is 4.39 Å². The Balaban J connectivity index is 1.51. The van der Waals surface area contributed by atoms with E-state index in [1.165, 1.54) is 12.2 Å². The topological polar surface area (TPSA) is 86.9 Å². The van der Waals surface area contributed by atoms with Gasteiger partial charge in [-0.15, -0.1) is 0 Å². The number of rotatable bonds is 4. The summed E-state index contributed by atoms with van der Waals surface area (Å²) in [7, 11) is 0. The van der Waals surface area contributed by atoms with Crippen LogP contribution >= 0.6 is 0 Å². The van der Waals surface area contributed by atoms with Crippen LogP contribution in [0.4, 0.5) is 10.1 Å². The first kappa shape index (κ1) is 22.5. The number of hydrogen-bond acceptors (Lipinski definition) is 3. The number of amides is 2. The van der Waals surface area contributed by atoms with Crippen LogP contribution < -0.4 is 10.6 Å². The molecule has 6 nitrogen and oxygen atoms in total. The summed E-state index contributed by atoms with van der Waals surface area (Å²) in [6.45, 7) is 8.15. The standard InChI is InChI=1S/C26H27FN4O2/c1-16-20-13-12-19(15-21(20)31-30-16)28-24(33)26(27)14-6-5-7-22(26)29-23(32)17-8-10-18(11-9-17)25(2,3)4/h5-15,22H,1-4H3,(H,28,33)(H,29,32)(H,30,31). The van der Waals surface area contributed by atoms with Crippen molar-refractivity contribution in [2.45, 2.75) is 44.8 Å². The molecular formula is C26H27FN4O2. The Morgan fingerprint density at radius 2 is 1.82 bits per heavy atom. The first-order valence-electron chi connectivity index (χ1n) is 10.8. The molecule has 0 spiro atoms. The quantitative estimate of drug-likeness (QED) is 0.541. The maximum Gasteiger partial charge on any atom is 0.268 e. The van der Waals surface area contributed by atoms with E-state index in [0.717, 1.165) is 22.7 Å². The maximum absolute atomic E-state index is 15.9. The second-order valence-corrected chi connectivity index (χ2v) is 9.33. The summed E-state index contributed by atoms with van der Waals surface area (Å²) in [6.07, 6.45) is 5.70. The van der Waals surface area contributed by atoms with Crippen LogP contribution in [0.15, 0.2) is 66.8 Å². The summed E-state index contributed by atoms with van der Waals surface area (Å²) in [6, 6.07) is 11.2. The molecule has 1 aromatic heterocycles. The molecule has 2 amide bonds. The van der Waals surface area contributed by atoms with Crippen LogP contribution in [-0.4, -0.2) is 33.7 Å². The predicted molar refractivity (Wildman–Crippen MR) is 128 cm³/mol. The van der Waals surface area contributed by atoms with Crippen LogP contribution in [0.5, 0.6) is 0 Å². The smallest absolute Gasteiger partial charge is 0.268 e. The van der Waals surface area contributed by atoms with Crippen molar-refractivity contribution in [2.24, 2.45) is 0 Å². The lowest BCUT2D eigenvalue weighted by Crippen LogP contribution is -2.55. The lowest BCUT2D eigenvalue weighted by Gasteiger charge is -2.30. The van der Waals surface area contributed by atoms with Gasteiger partial charge in [-0.3, -0.25) is 14.7 Å². The van der Waals surface area contributed by atoms with Crippen molar-refractivity contribution in [3.05, 3.63) is 83.6 Å². The molecule has 0 saturated heterocycles. The molecule has 0 fully saturated rings. The SMILES string of the molecule is Cc1[nH]nc2cc(NC(=O)C3(F)C=CC=CC3NC(=O)c3ccc(C(C)(C)C)cc3)ccc12. The number of H-pyrrole nitrogens is 1. The summed E-state index contributed by atoms with van der Waals surface area (Å²) in [5.74, 6) is -1.33. The van der Waals surface area contributed by atoms with Gasteiger partial charge in [0.25, 0.3) is 11.8 Å². The van der Waals surface area contributed by atoms with Crippen LogP contribution in [0, 0.1) is 6.92 Å². The Morgan fingerprint density at radius 1 is 1.09 bits per heavy atom. The fraction of sp³-hybridized carbons (Fsp3) is 0.269. The minimum atomic E-state index is -2.45. The van der Waals surface area contributed by atoms with Gasteiger partial charge in [0.05, 0.1) is 11.6 Å². The van der Waals surface area contributed by atoms with Gasteiger partial charge in [0.15, 0.2) is 0 Å². The van der Waals surface area contributed by atoms with E-state index in [9.17, 15) is 9.59 Å². The molecule has 170 valence electrons. The van der Waals surface area contributed by atoms with E-state index in [4.69, 9.17) is 0 Å². The van der Waals surface area contributed by atoms with E-state index in [2.05, 4.69) is 41.6 Å². The van der Waals surface area contributed by atoms with Crippen LogP contribution in [-0.2, 0) is 10.2 Å². The third-order valence-electron chi connectivity index (χ3n) is 5.86. The lowest BCUT2D eigenvalue weighted by molar-refractivity contribution is -0.125. The largest absolute Gasteiger partial charge is 0.342 e. The van der Waals surface area contributed by atoms with E-state index < -0.39 is 23.5 Å². The average molecular weight is 447 g/mol. The zero-order valence-electron chi connectivity index (χ0n) is 19.1. The summed E-state index contributed by atoms with van der Waals surface area (Å²) < 4.78 is 15.9. The van der Waals surface area contributed by atoms with Gasteiger partial charge in [0.1, 0.15) is 0 Å². The molecule has 4 rings (SSSR count). The van der Waals surface area contributed by atoms with E-state index in [1.807, 2.05) is 25.1 Å². The number of carbonyl (C=O) groups is 2. The Kier molecular flexibility index (Phi) is 5.66. The van der Waals surface area contributed by atoms with Gasteiger partial charge in [-0.2, -0.15) is 5.10 Å². The number of aromatic nitrogens is 2. The second-order valence-electron chi connectivity index (χ2n) is 9.33. The summed E-state index contributed by atoms with van der Waals surface area (Å²) >= 11 is 0. The first-order valence-corrected chi connectivity index (χ1v) is 10.8.